The minimum Gasteiger partial charge on any atom is -0.497 e. The molecule has 86 valence electrons. The number of hydrogen-bond donors (Lipinski definition) is 2. The van der Waals surface area contributed by atoms with Gasteiger partial charge in [-0.15, -0.1) is 0 Å². The van der Waals surface area contributed by atoms with Crippen molar-refractivity contribution in [3.63, 3.8) is 0 Å². The lowest BCUT2D eigenvalue weighted by molar-refractivity contribution is -0.643. The molecular formula is C13H14N3O+. The third-order valence-corrected chi connectivity index (χ3v) is 3.20. The van der Waals surface area contributed by atoms with Gasteiger partial charge in [0, 0.05) is 29.8 Å². The largest absolute Gasteiger partial charge is 0.497 e. The van der Waals surface area contributed by atoms with E-state index in [0.29, 0.717) is 0 Å². The smallest absolute Gasteiger partial charge is 0.232 e. The zero-order valence-electron chi connectivity index (χ0n) is 9.82. The highest BCUT2D eigenvalue weighted by Crippen LogP contribution is 2.28. The second kappa shape index (κ2) is 3.38. The molecule has 4 nitrogen and oxygen atoms in total. The van der Waals surface area contributed by atoms with Gasteiger partial charge in [-0.25, -0.2) is 5.84 Å². The summed E-state index contributed by atoms with van der Waals surface area (Å²) in [5.74, 6) is 6.69. The van der Waals surface area contributed by atoms with E-state index in [-0.39, 0.29) is 0 Å². The molecule has 0 aliphatic carbocycles. The molecule has 0 radical (unpaired) electrons. The van der Waals surface area contributed by atoms with E-state index >= 15 is 0 Å². The first-order valence-electron chi connectivity index (χ1n) is 5.46. The number of nitrogen functional groups attached to an aromatic ring is 1. The van der Waals surface area contributed by atoms with Gasteiger partial charge in [-0.2, -0.15) is 0 Å². The van der Waals surface area contributed by atoms with Crippen LogP contribution in [-0.4, -0.2) is 12.1 Å². The number of nitrogens with one attached hydrogen (secondary N) is 1. The first-order chi connectivity index (χ1) is 8.20. The quantitative estimate of drug-likeness (QED) is 0.491. The van der Waals surface area contributed by atoms with E-state index in [4.69, 9.17) is 10.6 Å². The summed E-state index contributed by atoms with van der Waals surface area (Å²) >= 11 is 0. The number of rotatable bonds is 1. The molecule has 0 bridgehead atoms. The molecule has 4 heteroatoms. The molecule has 3 rings (SSSR count). The maximum absolute atomic E-state index is 5.84. The number of aryl methyl sites for hydroxylation is 1. The number of H-pyrrole nitrogens is 1. The zero-order valence-corrected chi connectivity index (χ0v) is 9.82. The first kappa shape index (κ1) is 9.96. The zero-order chi connectivity index (χ0) is 12.0. The van der Waals surface area contributed by atoms with Crippen molar-refractivity contribution >= 4 is 21.8 Å². The predicted octanol–water partition coefficient (Wildman–Crippen LogP) is 1.64. The predicted molar refractivity (Wildman–Crippen MR) is 67.4 cm³/mol. The van der Waals surface area contributed by atoms with Crippen LogP contribution in [0.15, 0.2) is 30.5 Å². The molecule has 0 unspecified atom stereocenters. The van der Waals surface area contributed by atoms with Gasteiger partial charge in [0.2, 0.25) is 5.69 Å². The van der Waals surface area contributed by atoms with E-state index in [1.165, 1.54) is 10.8 Å². The molecule has 2 aromatic heterocycles. The third-order valence-electron chi connectivity index (χ3n) is 3.20. The van der Waals surface area contributed by atoms with Crippen LogP contribution in [0.25, 0.3) is 21.8 Å². The van der Waals surface area contributed by atoms with Crippen molar-refractivity contribution in [2.24, 2.45) is 0 Å². The van der Waals surface area contributed by atoms with Gasteiger partial charge >= 0.3 is 0 Å². The number of pyridine rings is 1. The van der Waals surface area contributed by atoms with E-state index in [9.17, 15) is 0 Å². The summed E-state index contributed by atoms with van der Waals surface area (Å²) in [6, 6.07) is 8.05. The lowest BCUT2D eigenvalue weighted by Gasteiger charge is -1.97. The Morgan fingerprint density at radius 3 is 2.82 bits per heavy atom. The number of ether oxygens (including phenoxy) is 1. The molecule has 0 atom stereocenters. The molecule has 0 fully saturated rings. The summed E-state index contributed by atoms with van der Waals surface area (Å²) in [5, 5.41) is 2.37. The van der Waals surface area contributed by atoms with Gasteiger partial charge in [0.1, 0.15) is 11.3 Å². The fourth-order valence-corrected chi connectivity index (χ4v) is 2.18. The van der Waals surface area contributed by atoms with E-state index < -0.39 is 0 Å². The lowest BCUT2D eigenvalue weighted by atomic mass is 10.1. The lowest BCUT2D eigenvalue weighted by Crippen LogP contribution is -2.46. The van der Waals surface area contributed by atoms with Crippen LogP contribution in [0.2, 0.25) is 0 Å². The fourth-order valence-electron chi connectivity index (χ4n) is 2.18. The van der Waals surface area contributed by atoms with Crippen molar-refractivity contribution in [2.45, 2.75) is 6.92 Å². The second-order valence-electron chi connectivity index (χ2n) is 4.13. The molecule has 3 N–H and O–H groups in total. The van der Waals surface area contributed by atoms with E-state index in [2.05, 4.69) is 11.1 Å². The molecule has 17 heavy (non-hydrogen) atoms. The van der Waals surface area contributed by atoms with Crippen molar-refractivity contribution in [2.75, 3.05) is 13.0 Å². The molecule has 3 aromatic rings. The maximum Gasteiger partial charge on any atom is 0.232 e. The Bertz CT molecular complexity index is 715. The average molecular weight is 228 g/mol. The fraction of sp³-hybridized carbons (Fsp3) is 0.154. The minimum atomic E-state index is 0.849. The summed E-state index contributed by atoms with van der Waals surface area (Å²) in [6.07, 6.45) is 1.87. The Morgan fingerprint density at radius 2 is 2.06 bits per heavy atom. The molecule has 0 aliphatic heterocycles. The highest BCUT2D eigenvalue weighted by Gasteiger charge is 2.13. The van der Waals surface area contributed by atoms with Gasteiger partial charge < -0.3 is 9.72 Å². The van der Waals surface area contributed by atoms with Crippen molar-refractivity contribution in [1.29, 1.82) is 0 Å². The summed E-state index contributed by atoms with van der Waals surface area (Å²) in [4.78, 5) is 3.38. The van der Waals surface area contributed by atoms with Crippen LogP contribution in [0.3, 0.4) is 0 Å². The van der Waals surface area contributed by atoms with Crippen LogP contribution < -0.4 is 15.3 Å². The van der Waals surface area contributed by atoms with E-state index in [1.807, 2.05) is 31.3 Å². The normalized spacial score (nSPS) is 11.2. The van der Waals surface area contributed by atoms with Crippen LogP contribution in [0.4, 0.5) is 0 Å². The maximum atomic E-state index is 5.84. The monoisotopic (exact) mass is 228 g/mol. The SMILES string of the molecule is COc1ccc2c(c1)[nH]c1c(C)[n+](N)ccc12. The standard InChI is InChI=1S/C13H13N3O/c1-8-13-11(5-6-16(8)14)10-4-3-9(17-2)7-12(10)15-13/h3-7H,14H2,1-2H3/p+1. The number of nitrogens with two attached hydrogens (primary N) is 1. The summed E-state index contributed by atoms with van der Waals surface area (Å²) in [6.45, 7) is 1.99. The van der Waals surface area contributed by atoms with Gasteiger partial charge in [0.15, 0.2) is 6.20 Å². The Balaban J connectivity index is 2.45. The van der Waals surface area contributed by atoms with Crippen molar-refractivity contribution < 1.29 is 9.41 Å². The van der Waals surface area contributed by atoms with Crippen LogP contribution >= 0.6 is 0 Å². The van der Waals surface area contributed by atoms with Gasteiger partial charge in [-0.05, 0) is 12.1 Å². The second-order valence-corrected chi connectivity index (χ2v) is 4.13. The number of hydrogen-bond acceptors (Lipinski definition) is 2. The Kier molecular flexibility index (Phi) is 1.98. The molecule has 0 amide bonds. The number of methoxy groups -OCH3 is 1. The first-order valence-corrected chi connectivity index (χ1v) is 5.46. The minimum absolute atomic E-state index is 0.849. The molecule has 0 spiro atoms. The van der Waals surface area contributed by atoms with Crippen molar-refractivity contribution in [1.82, 2.24) is 4.98 Å². The van der Waals surface area contributed by atoms with Gasteiger partial charge in [0.25, 0.3) is 0 Å². The molecule has 1 aromatic carbocycles. The van der Waals surface area contributed by atoms with Crippen LogP contribution in [0.1, 0.15) is 5.69 Å². The number of benzene rings is 1. The number of aromatic nitrogens is 2. The number of nitrogens with zero attached hydrogens (tertiary/aromatic N) is 1. The van der Waals surface area contributed by atoms with E-state index in [0.717, 1.165) is 22.5 Å². The highest BCUT2D eigenvalue weighted by atomic mass is 16.5. The van der Waals surface area contributed by atoms with Crippen molar-refractivity contribution in [3.8, 4) is 5.75 Å². The topological polar surface area (TPSA) is 54.9 Å². The molecule has 0 aliphatic rings. The van der Waals surface area contributed by atoms with Crippen molar-refractivity contribution in [3.05, 3.63) is 36.2 Å². The van der Waals surface area contributed by atoms with Crippen LogP contribution in [0, 0.1) is 6.92 Å². The third kappa shape index (κ3) is 1.34. The number of aromatic amines is 1. The summed E-state index contributed by atoms with van der Waals surface area (Å²) in [7, 11) is 1.67. The molecule has 0 saturated carbocycles. The summed E-state index contributed by atoms with van der Waals surface area (Å²) < 4.78 is 6.84. The Labute approximate surface area is 98.6 Å². The van der Waals surface area contributed by atoms with Gasteiger partial charge in [0.05, 0.1) is 12.6 Å². The Hall–Kier alpha value is -2.23. The number of fused-ring (bicyclic) bond motifs is 3. The average Bonchev–Trinajstić information content (AvgIpc) is 2.72. The van der Waals surface area contributed by atoms with Gasteiger partial charge in [-0.3, -0.25) is 0 Å². The highest BCUT2D eigenvalue weighted by molar-refractivity contribution is 6.07. The molecular weight excluding hydrogens is 214 g/mol. The van der Waals surface area contributed by atoms with Crippen LogP contribution in [-0.2, 0) is 0 Å². The summed E-state index contributed by atoms with van der Waals surface area (Å²) in [5.41, 5.74) is 3.14. The Morgan fingerprint density at radius 1 is 1.24 bits per heavy atom. The van der Waals surface area contributed by atoms with E-state index in [1.54, 1.807) is 11.8 Å². The van der Waals surface area contributed by atoms with Gasteiger partial charge in [-0.1, -0.05) is 4.68 Å². The molecule has 0 saturated heterocycles. The molecule has 2 heterocycles. The van der Waals surface area contributed by atoms with Crippen LogP contribution in [0.5, 0.6) is 5.75 Å².